The number of aromatic carboxylic acids is 1. The number of nitrogen functional groups attached to an aromatic ring is 2. The SMILES string of the molecule is Nc1cc(C(=O)[O-])cc(N)c1Cl. The van der Waals surface area contributed by atoms with E-state index in [0.717, 1.165) is 0 Å². The van der Waals surface area contributed by atoms with E-state index in [1.165, 1.54) is 12.1 Å². The minimum Gasteiger partial charge on any atom is -0.545 e. The van der Waals surface area contributed by atoms with Crippen LogP contribution in [0, 0.1) is 0 Å². The van der Waals surface area contributed by atoms with E-state index in [1.807, 2.05) is 0 Å². The van der Waals surface area contributed by atoms with E-state index in [-0.39, 0.29) is 22.0 Å². The predicted molar refractivity (Wildman–Crippen MR) is 44.6 cm³/mol. The summed E-state index contributed by atoms with van der Waals surface area (Å²) >= 11 is 5.59. The fourth-order valence-corrected chi connectivity index (χ4v) is 0.897. The average molecular weight is 186 g/mol. The highest BCUT2D eigenvalue weighted by Crippen LogP contribution is 2.26. The van der Waals surface area contributed by atoms with Crippen LogP contribution < -0.4 is 16.6 Å². The van der Waals surface area contributed by atoms with Gasteiger partial charge in [-0.1, -0.05) is 11.6 Å². The molecule has 12 heavy (non-hydrogen) atoms. The third kappa shape index (κ3) is 1.43. The van der Waals surface area contributed by atoms with Gasteiger partial charge in [-0.2, -0.15) is 0 Å². The number of anilines is 2. The summed E-state index contributed by atoms with van der Waals surface area (Å²) in [4.78, 5) is 10.4. The lowest BCUT2D eigenvalue weighted by Gasteiger charge is -2.07. The number of rotatable bonds is 1. The average Bonchev–Trinajstić information content (AvgIpc) is 1.99. The van der Waals surface area contributed by atoms with Crippen LogP contribution in [0.1, 0.15) is 10.4 Å². The van der Waals surface area contributed by atoms with E-state index in [0.29, 0.717) is 0 Å². The first-order valence-corrected chi connectivity index (χ1v) is 3.46. The van der Waals surface area contributed by atoms with Crippen molar-refractivity contribution in [3.63, 3.8) is 0 Å². The smallest absolute Gasteiger partial charge is 0.0864 e. The second kappa shape index (κ2) is 2.91. The molecule has 0 radical (unpaired) electrons. The maximum Gasteiger partial charge on any atom is 0.0864 e. The first-order chi connectivity index (χ1) is 5.52. The van der Waals surface area contributed by atoms with Gasteiger partial charge >= 0.3 is 0 Å². The number of carbonyl (C=O) groups is 1. The molecule has 1 rings (SSSR count). The van der Waals surface area contributed by atoms with Crippen molar-refractivity contribution in [3.8, 4) is 0 Å². The maximum atomic E-state index is 10.4. The Hall–Kier alpha value is -1.42. The quantitative estimate of drug-likeness (QED) is 0.596. The Labute approximate surface area is 73.7 Å². The molecule has 0 unspecified atom stereocenters. The molecule has 1 aromatic carbocycles. The summed E-state index contributed by atoms with van der Waals surface area (Å²) in [5.41, 5.74) is 10.9. The van der Waals surface area contributed by atoms with Crippen molar-refractivity contribution in [1.29, 1.82) is 0 Å². The molecular weight excluding hydrogens is 180 g/mol. The molecule has 4 N–H and O–H groups in total. The molecule has 0 heterocycles. The number of carbonyl (C=O) groups excluding carboxylic acids is 1. The first-order valence-electron chi connectivity index (χ1n) is 3.08. The Morgan fingerprint density at radius 1 is 1.33 bits per heavy atom. The van der Waals surface area contributed by atoms with Gasteiger partial charge < -0.3 is 21.4 Å². The van der Waals surface area contributed by atoms with Gasteiger partial charge in [0.25, 0.3) is 0 Å². The van der Waals surface area contributed by atoms with Crippen molar-refractivity contribution in [1.82, 2.24) is 0 Å². The standard InChI is InChI=1S/C7H7ClN2O2/c8-6-4(9)1-3(7(11)12)2-5(6)10/h1-2H,9-10H2,(H,11,12)/p-1. The Kier molecular flexibility index (Phi) is 2.10. The number of carboxylic acids is 1. The van der Waals surface area contributed by atoms with E-state index >= 15 is 0 Å². The van der Waals surface area contributed by atoms with Gasteiger partial charge in [0.15, 0.2) is 0 Å². The van der Waals surface area contributed by atoms with Crippen LogP contribution in [0.25, 0.3) is 0 Å². The number of benzene rings is 1. The molecular formula is C7H6ClN2O2-. The largest absolute Gasteiger partial charge is 0.545 e. The van der Waals surface area contributed by atoms with Gasteiger partial charge in [0, 0.05) is 5.56 Å². The van der Waals surface area contributed by atoms with Crippen LogP contribution in [0.5, 0.6) is 0 Å². The molecule has 0 aromatic heterocycles. The lowest BCUT2D eigenvalue weighted by Crippen LogP contribution is -2.22. The van der Waals surface area contributed by atoms with Crippen LogP contribution in [0.15, 0.2) is 12.1 Å². The van der Waals surface area contributed by atoms with Crippen LogP contribution in [0.2, 0.25) is 5.02 Å². The highest BCUT2D eigenvalue weighted by Gasteiger charge is 2.03. The first kappa shape index (κ1) is 8.67. The zero-order valence-electron chi connectivity index (χ0n) is 6.00. The van der Waals surface area contributed by atoms with Crippen LogP contribution in [0.4, 0.5) is 11.4 Å². The van der Waals surface area contributed by atoms with Gasteiger partial charge in [0.1, 0.15) is 0 Å². The normalized spacial score (nSPS) is 9.75. The molecule has 0 bridgehead atoms. The van der Waals surface area contributed by atoms with Crippen molar-refractivity contribution >= 4 is 28.9 Å². The van der Waals surface area contributed by atoms with Crippen LogP contribution in [0.3, 0.4) is 0 Å². The minimum atomic E-state index is -1.33. The number of hydrogen-bond acceptors (Lipinski definition) is 4. The molecule has 0 aliphatic rings. The van der Waals surface area contributed by atoms with E-state index < -0.39 is 5.97 Å². The van der Waals surface area contributed by atoms with Crippen molar-refractivity contribution in [2.45, 2.75) is 0 Å². The number of halogens is 1. The molecule has 0 amide bonds. The molecule has 4 nitrogen and oxygen atoms in total. The van der Waals surface area contributed by atoms with E-state index in [4.69, 9.17) is 23.1 Å². The van der Waals surface area contributed by atoms with Crippen LogP contribution in [-0.4, -0.2) is 5.97 Å². The second-order valence-corrected chi connectivity index (χ2v) is 2.63. The lowest BCUT2D eigenvalue weighted by molar-refractivity contribution is -0.255. The molecule has 1 aromatic rings. The van der Waals surface area contributed by atoms with Gasteiger partial charge in [0.2, 0.25) is 0 Å². The Bertz CT molecular complexity index is 315. The third-order valence-corrected chi connectivity index (χ3v) is 1.80. The molecule has 0 fully saturated rings. The van der Waals surface area contributed by atoms with Crippen molar-refractivity contribution in [2.75, 3.05) is 11.5 Å². The van der Waals surface area contributed by atoms with Crippen LogP contribution in [-0.2, 0) is 0 Å². The van der Waals surface area contributed by atoms with Gasteiger partial charge in [-0.25, -0.2) is 0 Å². The van der Waals surface area contributed by atoms with E-state index in [2.05, 4.69) is 0 Å². The number of carboxylic acid groups (broad SMARTS) is 1. The van der Waals surface area contributed by atoms with Gasteiger partial charge in [-0.3, -0.25) is 0 Å². The molecule has 0 spiro atoms. The zero-order chi connectivity index (χ0) is 9.30. The van der Waals surface area contributed by atoms with Gasteiger partial charge in [0.05, 0.1) is 22.4 Å². The lowest BCUT2D eigenvalue weighted by atomic mass is 10.2. The predicted octanol–water partition coefficient (Wildman–Crippen LogP) is -0.132. The number of hydrogen-bond donors (Lipinski definition) is 2. The van der Waals surface area contributed by atoms with Crippen molar-refractivity contribution < 1.29 is 9.90 Å². The summed E-state index contributed by atoms with van der Waals surface area (Å²) in [6.45, 7) is 0. The third-order valence-electron chi connectivity index (χ3n) is 1.36. The summed E-state index contributed by atoms with van der Waals surface area (Å²) in [5, 5.41) is 10.5. The minimum absolute atomic E-state index is 0.0746. The Balaban J connectivity index is 3.31. The molecule has 0 saturated carbocycles. The maximum absolute atomic E-state index is 10.4. The summed E-state index contributed by atoms with van der Waals surface area (Å²) in [6.07, 6.45) is 0. The monoisotopic (exact) mass is 185 g/mol. The molecule has 0 aliphatic carbocycles. The Morgan fingerprint density at radius 2 is 1.75 bits per heavy atom. The van der Waals surface area contributed by atoms with Crippen molar-refractivity contribution in [3.05, 3.63) is 22.7 Å². The summed E-state index contributed by atoms with van der Waals surface area (Å²) < 4.78 is 0. The molecule has 5 heteroatoms. The fourth-order valence-electron chi connectivity index (χ4n) is 0.788. The highest BCUT2D eigenvalue weighted by atomic mass is 35.5. The van der Waals surface area contributed by atoms with Crippen molar-refractivity contribution in [2.24, 2.45) is 0 Å². The highest BCUT2D eigenvalue weighted by molar-refractivity contribution is 6.35. The number of nitrogens with two attached hydrogens (primary N) is 2. The molecule has 0 saturated heterocycles. The molecule has 64 valence electrons. The molecule has 0 atom stereocenters. The summed E-state index contributed by atoms with van der Waals surface area (Å²) in [6, 6.07) is 2.40. The Morgan fingerprint density at radius 3 is 2.08 bits per heavy atom. The molecule has 0 aliphatic heterocycles. The van der Waals surface area contributed by atoms with E-state index in [1.54, 1.807) is 0 Å². The summed E-state index contributed by atoms with van der Waals surface area (Å²) in [5.74, 6) is -1.33. The second-order valence-electron chi connectivity index (χ2n) is 2.26. The van der Waals surface area contributed by atoms with Gasteiger partial charge in [-0.15, -0.1) is 0 Å². The van der Waals surface area contributed by atoms with Crippen LogP contribution >= 0.6 is 11.6 Å². The summed E-state index contributed by atoms with van der Waals surface area (Å²) in [7, 11) is 0. The topological polar surface area (TPSA) is 92.2 Å². The van der Waals surface area contributed by atoms with E-state index in [9.17, 15) is 9.90 Å². The zero-order valence-corrected chi connectivity index (χ0v) is 6.76. The fraction of sp³-hybridized carbons (Fsp3) is 0. The van der Waals surface area contributed by atoms with Gasteiger partial charge in [-0.05, 0) is 12.1 Å².